The summed E-state index contributed by atoms with van der Waals surface area (Å²) in [6.45, 7) is 4.19. The van der Waals surface area contributed by atoms with Crippen molar-refractivity contribution in [3.8, 4) is 5.75 Å². The van der Waals surface area contributed by atoms with Crippen molar-refractivity contribution in [2.75, 3.05) is 19.7 Å². The number of aromatic nitrogens is 3. The summed E-state index contributed by atoms with van der Waals surface area (Å²) in [5.41, 5.74) is 6.12. The average Bonchev–Trinajstić information content (AvgIpc) is 2.95. The largest absolute Gasteiger partial charge is 0.492 e. The molecule has 7 heteroatoms. The molecular weight excluding hydrogens is 268 g/mol. The van der Waals surface area contributed by atoms with Crippen LogP contribution in [0.25, 0.3) is 0 Å². The van der Waals surface area contributed by atoms with E-state index in [4.69, 9.17) is 15.9 Å². The minimum atomic E-state index is 0.0685. The first-order valence-electron chi connectivity index (χ1n) is 6.88. The van der Waals surface area contributed by atoms with E-state index in [0.717, 1.165) is 37.8 Å². The van der Waals surface area contributed by atoms with Crippen LogP contribution in [0.2, 0.25) is 0 Å². The van der Waals surface area contributed by atoms with Crippen molar-refractivity contribution in [1.29, 1.82) is 5.41 Å². The second-order valence-electron chi connectivity index (χ2n) is 5.00. The van der Waals surface area contributed by atoms with Crippen LogP contribution >= 0.6 is 0 Å². The number of benzene rings is 1. The van der Waals surface area contributed by atoms with Crippen molar-refractivity contribution < 1.29 is 4.74 Å². The zero-order valence-corrected chi connectivity index (χ0v) is 11.7. The van der Waals surface area contributed by atoms with Crippen molar-refractivity contribution in [2.45, 2.75) is 13.1 Å². The van der Waals surface area contributed by atoms with Crippen molar-refractivity contribution in [3.63, 3.8) is 0 Å². The molecule has 0 radical (unpaired) electrons. The monoisotopic (exact) mass is 286 g/mol. The molecule has 0 aliphatic carbocycles. The van der Waals surface area contributed by atoms with Crippen molar-refractivity contribution in [1.82, 2.24) is 19.7 Å². The predicted octanol–water partition coefficient (Wildman–Crippen LogP) is 0.457. The normalized spacial score (nSPS) is 14.7. The van der Waals surface area contributed by atoms with E-state index in [-0.39, 0.29) is 5.84 Å². The van der Waals surface area contributed by atoms with Crippen LogP contribution in [0.4, 0.5) is 0 Å². The molecule has 2 heterocycles. The fourth-order valence-electron chi connectivity index (χ4n) is 2.33. The standard InChI is InChI=1S/C14H18N6O/c15-14(16)11-1-3-12(4-2-11)21-8-7-19-5-6-20-10-17-18-13(20)9-19/h1-4,10H,5-9H2,(H3,15,16). The van der Waals surface area contributed by atoms with E-state index >= 15 is 0 Å². The molecule has 1 aliphatic heterocycles. The quantitative estimate of drug-likeness (QED) is 0.615. The first kappa shape index (κ1) is 13.6. The van der Waals surface area contributed by atoms with Gasteiger partial charge in [0.1, 0.15) is 30.3 Å². The molecule has 3 rings (SSSR count). The van der Waals surface area contributed by atoms with Crippen LogP contribution in [-0.2, 0) is 13.1 Å². The number of hydrogen-bond acceptors (Lipinski definition) is 5. The number of nitrogens with zero attached hydrogens (tertiary/aromatic N) is 4. The lowest BCUT2D eigenvalue weighted by Crippen LogP contribution is -2.36. The Bertz CT molecular complexity index is 621. The van der Waals surface area contributed by atoms with E-state index in [9.17, 15) is 0 Å². The molecule has 0 atom stereocenters. The summed E-state index contributed by atoms with van der Waals surface area (Å²) < 4.78 is 7.80. The van der Waals surface area contributed by atoms with Gasteiger partial charge in [-0.15, -0.1) is 10.2 Å². The molecule has 0 fully saturated rings. The van der Waals surface area contributed by atoms with Gasteiger partial charge in [0.25, 0.3) is 0 Å². The maximum atomic E-state index is 7.34. The molecule has 0 unspecified atom stereocenters. The minimum absolute atomic E-state index is 0.0685. The Kier molecular flexibility index (Phi) is 3.83. The highest BCUT2D eigenvalue weighted by molar-refractivity contribution is 5.94. The number of rotatable bonds is 5. The predicted molar refractivity (Wildman–Crippen MR) is 78.3 cm³/mol. The number of nitrogen functional groups attached to an aromatic ring is 1. The zero-order chi connectivity index (χ0) is 14.7. The van der Waals surface area contributed by atoms with E-state index in [1.807, 2.05) is 12.1 Å². The summed E-state index contributed by atoms with van der Waals surface area (Å²) in [6, 6.07) is 7.26. The molecule has 1 aliphatic rings. The van der Waals surface area contributed by atoms with Gasteiger partial charge in [-0.05, 0) is 24.3 Å². The van der Waals surface area contributed by atoms with Crippen LogP contribution in [0.15, 0.2) is 30.6 Å². The Balaban J connectivity index is 1.47. The SMILES string of the molecule is N=C(N)c1ccc(OCCN2CCn3cnnc3C2)cc1. The van der Waals surface area contributed by atoms with Gasteiger partial charge in [0.15, 0.2) is 0 Å². The molecule has 0 saturated carbocycles. The third-order valence-electron chi connectivity index (χ3n) is 3.56. The van der Waals surface area contributed by atoms with Gasteiger partial charge >= 0.3 is 0 Å². The van der Waals surface area contributed by atoms with Gasteiger partial charge in [0, 0.05) is 25.2 Å². The lowest BCUT2D eigenvalue weighted by atomic mass is 10.2. The molecule has 21 heavy (non-hydrogen) atoms. The van der Waals surface area contributed by atoms with Gasteiger partial charge in [-0.3, -0.25) is 10.3 Å². The molecule has 0 saturated heterocycles. The van der Waals surface area contributed by atoms with Crippen molar-refractivity contribution >= 4 is 5.84 Å². The highest BCUT2D eigenvalue weighted by Crippen LogP contribution is 2.13. The zero-order valence-electron chi connectivity index (χ0n) is 11.7. The molecule has 1 aromatic heterocycles. The Labute approximate surface area is 122 Å². The molecule has 1 aromatic carbocycles. The highest BCUT2D eigenvalue weighted by Gasteiger charge is 2.16. The van der Waals surface area contributed by atoms with Gasteiger partial charge in [-0.25, -0.2) is 0 Å². The maximum Gasteiger partial charge on any atom is 0.147 e. The van der Waals surface area contributed by atoms with Gasteiger partial charge in [0.2, 0.25) is 0 Å². The number of nitrogens with two attached hydrogens (primary N) is 1. The van der Waals surface area contributed by atoms with E-state index in [0.29, 0.717) is 12.2 Å². The smallest absolute Gasteiger partial charge is 0.147 e. The van der Waals surface area contributed by atoms with Crippen LogP contribution in [0, 0.1) is 5.41 Å². The molecule has 2 aromatic rings. The number of nitrogens with one attached hydrogen (secondary N) is 1. The van der Waals surface area contributed by atoms with Crippen LogP contribution < -0.4 is 10.5 Å². The molecular formula is C14H18N6O. The number of fused-ring (bicyclic) bond motifs is 1. The Morgan fingerprint density at radius 1 is 1.29 bits per heavy atom. The number of ether oxygens (including phenoxy) is 1. The summed E-state index contributed by atoms with van der Waals surface area (Å²) in [5, 5.41) is 15.4. The van der Waals surface area contributed by atoms with Crippen LogP contribution in [0.5, 0.6) is 5.75 Å². The second kappa shape index (κ2) is 5.92. The third-order valence-corrected chi connectivity index (χ3v) is 3.56. The van der Waals surface area contributed by atoms with Gasteiger partial charge in [-0.1, -0.05) is 0 Å². The average molecular weight is 286 g/mol. The van der Waals surface area contributed by atoms with Gasteiger partial charge < -0.3 is 15.0 Å². The molecule has 3 N–H and O–H groups in total. The third kappa shape index (κ3) is 3.19. The molecule has 0 amide bonds. The van der Waals surface area contributed by atoms with E-state index in [1.54, 1.807) is 18.5 Å². The Morgan fingerprint density at radius 2 is 2.10 bits per heavy atom. The van der Waals surface area contributed by atoms with E-state index in [1.165, 1.54) is 0 Å². The fourth-order valence-corrected chi connectivity index (χ4v) is 2.33. The number of amidine groups is 1. The van der Waals surface area contributed by atoms with Crippen molar-refractivity contribution in [3.05, 3.63) is 42.0 Å². The molecule has 7 nitrogen and oxygen atoms in total. The minimum Gasteiger partial charge on any atom is -0.492 e. The summed E-state index contributed by atoms with van der Waals surface area (Å²) in [6.07, 6.45) is 1.78. The summed E-state index contributed by atoms with van der Waals surface area (Å²) >= 11 is 0. The lowest BCUT2D eigenvalue weighted by molar-refractivity contribution is 0.174. The highest BCUT2D eigenvalue weighted by atomic mass is 16.5. The van der Waals surface area contributed by atoms with Crippen molar-refractivity contribution in [2.24, 2.45) is 5.73 Å². The maximum absolute atomic E-state index is 7.34. The summed E-state index contributed by atoms with van der Waals surface area (Å²) in [4.78, 5) is 2.30. The summed E-state index contributed by atoms with van der Waals surface area (Å²) in [7, 11) is 0. The molecule has 110 valence electrons. The Hall–Kier alpha value is -2.41. The lowest BCUT2D eigenvalue weighted by Gasteiger charge is -2.26. The van der Waals surface area contributed by atoms with Gasteiger partial charge in [-0.2, -0.15) is 0 Å². The Morgan fingerprint density at radius 3 is 2.86 bits per heavy atom. The van der Waals surface area contributed by atoms with Crippen LogP contribution in [-0.4, -0.2) is 45.2 Å². The topological polar surface area (TPSA) is 93.1 Å². The summed E-state index contributed by atoms with van der Waals surface area (Å²) in [5.74, 6) is 1.87. The molecule has 0 bridgehead atoms. The first-order valence-corrected chi connectivity index (χ1v) is 6.88. The first-order chi connectivity index (χ1) is 10.2. The van der Waals surface area contributed by atoms with Crippen LogP contribution in [0.1, 0.15) is 11.4 Å². The fraction of sp³-hybridized carbons (Fsp3) is 0.357. The van der Waals surface area contributed by atoms with E-state index < -0.39 is 0 Å². The van der Waals surface area contributed by atoms with Gasteiger partial charge in [0.05, 0.1) is 6.54 Å². The van der Waals surface area contributed by atoms with E-state index in [2.05, 4.69) is 19.7 Å². The molecule has 0 spiro atoms. The number of hydrogen-bond donors (Lipinski definition) is 2. The van der Waals surface area contributed by atoms with Crippen LogP contribution in [0.3, 0.4) is 0 Å². The second-order valence-corrected chi connectivity index (χ2v) is 5.00.